The molecule has 0 saturated carbocycles. The fourth-order valence-corrected chi connectivity index (χ4v) is 5.34. The Hall–Kier alpha value is -1.04. The zero-order valence-corrected chi connectivity index (χ0v) is 15.8. The molecule has 4 nitrogen and oxygen atoms in total. The van der Waals surface area contributed by atoms with Crippen molar-refractivity contribution in [2.75, 3.05) is 11.9 Å². The lowest BCUT2D eigenvalue weighted by atomic mass is 10.0. The fraction of sp³-hybridized carbons (Fsp3) is 0.438. The van der Waals surface area contributed by atoms with Gasteiger partial charge < -0.3 is 5.32 Å². The molecule has 2 heterocycles. The topological polar surface area (TPSA) is 46.9 Å². The first kappa shape index (κ1) is 16.8. The summed E-state index contributed by atoms with van der Waals surface area (Å²) in [5, 5.41) is 8.65. The minimum atomic E-state index is -1.18. The van der Waals surface area contributed by atoms with Crippen LogP contribution in [0.3, 0.4) is 0 Å². The Morgan fingerprint density at radius 2 is 2.09 bits per heavy atom. The Morgan fingerprint density at radius 1 is 1.39 bits per heavy atom. The quantitative estimate of drug-likeness (QED) is 0.821. The van der Waals surface area contributed by atoms with E-state index in [-0.39, 0.29) is 5.25 Å². The van der Waals surface area contributed by atoms with Crippen molar-refractivity contribution in [3.63, 3.8) is 0 Å². The van der Waals surface area contributed by atoms with Gasteiger partial charge in [0.05, 0.1) is 15.7 Å². The lowest BCUT2D eigenvalue weighted by Gasteiger charge is -2.27. The number of anilines is 1. The number of aryl methyl sites for hydroxylation is 2. The summed E-state index contributed by atoms with van der Waals surface area (Å²) in [6, 6.07) is 5.36. The summed E-state index contributed by atoms with van der Waals surface area (Å²) in [6.07, 6.45) is 0. The maximum absolute atomic E-state index is 13.4. The number of halogens is 2. The summed E-state index contributed by atoms with van der Waals surface area (Å²) in [4.78, 5) is 0. The molecule has 124 valence electrons. The third-order valence-electron chi connectivity index (χ3n) is 4.22. The van der Waals surface area contributed by atoms with Crippen LogP contribution in [-0.4, -0.2) is 25.3 Å². The number of hydrogen-bond donors (Lipinski definition) is 1. The van der Waals surface area contributed by atoms with E-state index in [2.05, 4.69) is 10.4 Å². The van der Waals surface area contributed by atoms with E-state index in [1.165, 1.54) is 0 Å². The number of aromatic nitrogens is 2. The number of rotatable bonds is 1. The second kappa shape index (κ2) is 5.80. The van der Waals surface area contributed by atoms with Gasteiger partial charge in [0.2, 0.25) is 0 Å². The molecule has 23 heavy (non-hydrogen) atoms. The van der Waals surface area contributed by atoms with Crippen LogP contribution in [0, 0.1) is 6.92 Å². The van der Waals surface area contributed by atoms with Crippen molar-refractivity contribution in [3.8, 4) is 0 Å². The van der Waals surface area contributed by atoms with E-state index in [1.54, 1.807) is 16.8 Å². The van der Waals surface area contributed by atoms with Gasteiger partial charge >= 0.3 is 0 Å². The minimum absolute atomic E-state index is 0.339. The first-order valence-corrected chi connectivity index (χ1v) is 9.32. The van der Waals surface area contributed by atoms with Crippen LogP contribution in [0.4, 0.5) is 5.82 Å². The van der Waals surface area contributed by atoms with Crippen molar-refractivity contribution >= 4 is 39.8 Å². The van der Waals surface area contributed by atoms with Gasteiger partial charge in [-0.3, -0.25) is 8.89 Å². The molecule has 0 fully saturated rings. The highest BCUT2D eigenvalue weighted by molar-refractivity contribution is 7.87. The van der Waals surface area contributed by atoms with E-state index in [9.17, 15) is 4.21 Å². The maximum atomic E-state index is 13.4. The summed E-state index contributed by atoms with van der Waals surface area (Å²) in [5.41, 5.74) is 2.63. The Balaban J connectivity index is 2.28. The van der Waals surface area contributed by atoms with Gasteiger partial charge in [0.25, 0.3) is 0 Å². The Kier molecular flexibility index (Phi) is 4.23. The smallest absolute Gasteiger partial charge is 0.129 e. The van der Waals surface area contributed by atoms with Crippen molar-refractivity contribution in [2.24, 2.45) is 7.05 Å². The van der Waals surface area contributed by atoms with Crippen LogP contribution in [0.5, 0.6) is 0 Å². The maximum Gasteiger partial charge on any atom is 0.129 e. The fourth-order valence-electron chi connectivity index (χ4n) is 2.98. The molecule has 2 unspecified atom stereocenters. The van der Waals surface area contributed by atoms with Crippen molar-refractivity contribution in [2.45, 2.75) is 30.8 Å². The molecular formula is C16H19Cl2N3OS. The first-order valence-electron chi connectivity index (χ1n) is 7.35. The molecule has 1 aliphatic rings. The van der Waals surface area contributed by atoms with Crippen LogP contribution >= 0.6 is 23.2 Å². The van der Waals surface area contributed by atoms with Crippen LogP contribution in [0.1, 0.15) is 35.9 Å². The van der Waals surface area contributed by atoms with E-state index < -0.39 is 15.5 Å². The predicted octanol–water partition coefficient (Wildman–Crippen LogP) is 4.08. The van der Waals surface area contributed by atoms with E-state index in [0.717, 1.165) is 22.6 Å². The standard InChI is InChI=1S/C16H19Cl2N3OS/c1-9-13-14(11-6-5-10(17)7-12(11)18)23(22)16(2,3)8-19-15(13)21(4)20-9/h5-7,14,19H,8H2,1-4H3. The molecule has 1 N–H and O–H groups in total. The van der Waals surface area contributed by atoms with Gasteiger partial charge in [-0.05, 0) is 38.5 Å². The summed E-state index contributed by atoms with van der Waals surface area (Å²) in [6.45, 7) is 6.54. The van der Waals surface area contributed by atoms with E-state index in [0.29, 0.717) is 16.6 Å². The molecule has 0 amide bonds. The Morgan fingerprint density at radius 3 is 2.74 bits per heavy atom. The van der Waals surface area contributed by atoms with Crippen LogP contribution < -0.4 is 5.32 Å². The van der Waals surface area contributed by atoms with Crippen LogP contribution in [0.2, 0.25) is 10.0 Å². The van der Waals surface area contributed by atoms with Gasteiger partial charge in [-0.2, -0.15) is 5.10 Å². The molecule has 7 heteroatoms. The molecule has 0 spiro atoms. The van der Waals surface area contributed by atoms with Gasteiger partial charge in [-0.25, -0.2) is 0 Å². The van der Waals surface area contributed by atoms with Crippen LogP contribution in [0.15, 0.2) is 18.2 Å². The zero-order chi connectivity index (χ0) is 16.9. The number of fused-ring (bicyclic) bond motifs is 1. The third kappa shape index (κ3) is 2.79. The highest BCUT2D eigenvalue weighted by atomic mass is 35.5. The Labute approximate surface area is 148 Å². The lowest BCUT2D eigenvalue weighted by molar-refractivity contribution is 0.633. The molecule has 0 bridgehead atoms. The predicted molar refractivity (Wildman–Crippen MR) is 97.0 cm³/mol. The van der Waals surface area contributed by atoms with E-state index >= 15 is 0 Å². The third-order valence-corrected chi connectivity index (χ3v) is 6.93. The van der Waals surface area contributed by atoms with Crippen molar-refractivity contribution in [3.05, 3.63) is 45.1 Å². The Bertz CT molecular complexity index is 801. The number of hydrogen-bond acceptors (Lipinski definition) is 3. The van der Waals surface area contributed by atoms with Gasteiger partial charge in [-0.1, -0.05) is 29.3 Å². The molecular weight excluding hydrogens is 353 g/mol. The molecule has 2 atom stereocenters. The molecule has 3 rings (SSSR count). The molecule has 0 saturated heterocycles. The number of nitrogens with one attached hydrogen (secondary N) is 1. The first-order chi connectivity index (χ1) is 10.7. The summed E-state index contributed by atoms with van der Waals surface area (Å²) in [5.74, 6) is 0.900. The largest absolute Gasteiger partial charge is 0.369 e. The minimum Gasteiger partial charge on any atom is -0.369 e. The van der Waals surface area contributed by atoms with Crippen LogP contribution in [-0.2, 0) is 17.8 Å². The van der Waals surface area contributed by atoms with Crippen molar-refractivity contribution < 1.29 is 4.21 Å². The van der Waals surface area contributed by atoms with E-state index in [1.807, 2.05) is 33.9 Å². The van der Waals surface area contributed by atoms with Crippen molar-refractivity contribution in [1.82, 2.24) is 9.78 Å². The average molecular weight is 372 g/mol. The molecule has 1 aromatic carbocycles. The molecule has 0 aliphatic carbocycles. The number of benzene rings is 1. The monoisotopic (exact) mass is 371 g/mol. The summed E-state index contributed by atoms with van der Waals surface area (Å²) >= 11 is 12.5. The average Bonchev–Trinajstić information content (AvgIpc) is 2.67. The molecule has 1 aromatic heterocycles. The normalized spacial score (nSPS) is 23.0. The van der Waals surface area contributed by atoms with Gasteiger partial charge in [0.15, 0.2) is 0 Å². The molecule has 2 aromatic rings. The van der Waals surface area contributed by atoms with Gasteiger partial charge in [-0.15, -0.1) is 0 Å². The highest BCUT2D eigenvalue weighted by Crippen LogP contribution is 2.44. The van der Waals surface area contributed by atoms with Crippen molar-refractivity contribution in [1.29, 1.82) is 0 Å². The zero-order valence-electron chi connectivity index (χ0n) is 13.5. The lowest BCUT2D eigenvalue weighted by Crippen LogP contribution is -2.36. The van der Waals surface area contributed by atoms with Gasteiger partial charge in [0.1, 0.15) is 5.82 Å². The summed E-state index contributed by atoms with van der Waals surface area (Å²) < 4.78 is 14.8. The highest BCUT2D eigenvalue weighted by Gasteiger charge is 2.41. The molecule has 1 aliphatic heterocycles. The second-order valence-corrected chi connectivity index (χ2v) is 9.44. The second-order valence-electron chi connectivity index (χ2n) is 6.43. The summed E-state index contributed by atoms with van der Waals surface area (Å²) in [7, 11) is 0.714. The molecule has 0 radical (unpaired) electrons. The number of nitrogens with zero attached hydrogens (tertiary/aromatic N) is 2. The van der Waals surface area contributed by atoms with Crippen LogP contribution in [0.25, 0.3) is 0 Å². The van der Waals surface area contributed by atoms with E-state index in [4.69, 9.17) is 23.2 Å². The SMILES string of the molecule is Cc1nn(C)c2c1C(c1ccc(Cl)cc1Cl)S(=O)C(C)(C)CN2. The van der Waals surface area contributed by atoms with Gasteiger partial charge in [0, 0.05) is 40.0 Å².